The first-order valence-electron chi connectivity index (χ1n) is 6.63. The lowest BCUT2D eigenvalue weighted by Crippen LogP contribution is -1.97. The topological polar surface area (TPSA) is 49.9 Å². The van der Waals surface area contributed by atoms with E-state index in [-0.39, 0.29) is 11.6 Å². The van der Waals surface area contributed by atoms with Gasteiger partial charge in [-0.25, -0.2) is 0 Å². The second kappa shape index (κ2) is 5.59. The lowest BCUT2D eigenvalue weighted by Gasteiger charge is -1.87. The van der Waals surface area contributed by atoms with E-state index in [0.717, 1.165) is 0 Å². The van der Waals surface area contributed by atoms with Crippen LogP contribution in [0.25, 0.3) is 21.8 Å². The Balaban J connectivity index is 0.000000143. The Morgan fingerprint density at radius 3 is 1.38 bits per heavy atom. The molecule has 0 saturated carbocycles. The number of allylic oxidation sites excluding steroid dienone is 4. The van der Waals surface area contributed by atoms with E-state index in [1.807, 2.05) is 0 Å². The SMILES string of the molecule is O=C1C=CC(=O)C=C1.c1ccc2c(c1)[nH]c1ccccc12. The summed E-state index contributed by atoms with van der Waals surface area (Å²) >= 11 is 0. The number of nitrogens with one attached hydrogen (secondary N) is 1. The molecule has 0 spiro atoms. The Morgan fingerprint density at radius 2 is 0.952 bits per heavy atom. The smallest absolute Gasteiger partial charge is 0.178 e. The number of carbonyl (C=O) groups is 2. The van der Waals surface area contributed by atoms with Crippen molar-refractivity contribution in [3.63, 3.8) is 0 Å². The molecule has 1 aromatic heterocycles. The van der Waals surface area contributed by atoms with Crippen molar-refractivity contribution in [1.82, 2.24) is 4.98 Å². The van der Waals surface area contributed by atoms with Crippen molar-refractivity contribution >= 4 is 33.4 Å². The molecule has 0 bridgehead atoms. The Labute approximate surface area is 121 Å². The second-order valence-electron chi connectivity index (χ2n) is 4.69. The van der Waals surface area contributed by atoms with Gasteiger partial charge in [-0.15, -0.1) is 0 Å². The predicted molar refractivity (Wildman–Crippen MR) is 84.1 cm³/mol. The minimum atomic E-state index is -0.121. The predicted octanol–water partition coefficient (Wildman–Crippen LogP) is 3.57. The maximum Gasteiger partial charge on any atom is 0.178 e. The summed E-state index contributed by atoms with van der Waals surface area (Å²) in [4.78, 5) is 23.9. The van der Waals surface area contributed by atoms with E-state index in [0.29, 0.717) is 0 Å². The average molecular weight is 275 g/mol. The van der Waals surface area contributed by atoms with Gasteiger partial charge < -0.3 is 4.98 Å². The van der Waals surface area contributed by atoms with Gasteiger partial charge in [0.25, 0.3) is 0 Å². The molecular weight excluding hydrogens is 262 g/mol. The highest BCUT2D eigenvalue weighted by molar-refractivity contribution is 6.14. The number of fused-ring (bicyclic) bond motifs is 3. The molecule has 21 heavy (non-hydrogen) atoms. The summed E-state index contributed by atoms with van der Waals surface area (Å²) in [6.45, 7) is 0. The van der Waals surface area contributed by atoms with Crippen molar-refractivity contribution in [1.29, 1.82) is 0 Å². The maximum atomic E-state index is 10.3. The fraction of sp³-hybridized carbons (Fsp3) is 0. The fourth-order valence-corrected chi connectivity index (χ4v) is 2.24. The molecule has 1 aliphatic carbocycles. The molecule has 2 aromatic carbocycles. The summed E-state index contributed by atoms with van der Waals surface area (Å²) in [6.07, 6.45) is 5.01. The van der Waals surface area contributed by atoms with Crippen LogP contribution in [0, 0.1) is 0 Å². The molecule has 0 atom stereocenters. The van der Waals surface area contributed by atoms with Gasteiger partial charge in [0.2, 0.25) is 0 Å². The van der Waals surface area contributed by atoms with E-state index in [2.05, 4.69) is 53.5 Å². The minimum Gasteiger partial charge on any atom is -0.355 e. The van der Waals surface area contributed by atoms with E-state index in [1.165, 1.54) is 46.1 Å². The summed E-state index contributed by atoms with van der Waals surface area (Å²) in [5.74, 6) is -0.241. The van der Waals surface area contributed by atoms with Gasteiger partial charge in [-0.3, -0.25) is 9.59 Å². The first-order valence-corrected chi connectivity index (χ1v) is 6.63. The molecule has 1 N–H and O–H groups in total. The number of H-pyrrole nitrogens is 1. The third-order valence-corrected chi connectivity index (χ3v) is 3.24. The number of rotatable bonds is 0. The van der Waals surface area contributed by atoms with E-state index >= 15 is 0 Å². The molecule has 1 heterocycles. The maximum absolute atomic E-state index is 10.3. The molecule has 0 fully saturated rings. The Morgan fingerprint density at radius 1 is 0.571 bits per heavy atom. The lowest BCUT2D eigenvalue weighted by atomic mass is 10.2. The quantitative estimate of drug-likeness (QED) is 0.638. The first kappa shape index (κ1) is 13.1. The first-order chi connectivity index (χ1) is 10.2. The van der Waals surface area contributed by atoms with Gasteiger partial charge in [0.05, 0.1) is 0 Å². The number of aromatic nitrogens is 1. The largest absolute Gasteiger partial charge is 0.355 e. The average Bonchev–Trinajstić information content (AvgIpc) is 2.90. The van der Waals surface area contributed by atoms with E-state index in [1.54, 1.807) is 0 Å². The number of aromatic amines is 1. The second-order valence-corrected chi connectivity index (χ2v) is 4.69. The van der Waals surface area contributed by atoms with Crippen LogP contribution >= 0.6 is 0 Å². The summed E-state index contributed by atoms with van der Waals surface area (Å²) in [6, 6.07) is 16.8. The highest BCUT2D eigenvalue weighted by Gasteiger charge is 2.00. The van der Waals surface area contributed by atoms with Crippen molar-refractivity contribution in [2.75, 3.05) is 0 Å². The van der Waals surface area contributed by atoms with Crippen molar-refractivity contribution in [2.24, 2.45) is 0 Å². The van der Waals surface area contributed by atoms with Crippen LogP contribution in [0.4, 0.5) is 0 Å². The standard InChI is InChI=1S/C12H9N.C6H4O2/c1-3-7-11-9(5-1)10-6-2-4-8-12(10)13-11;7-5-1-2-6(8)4-3-5/h1-8,13H;1-4H. The van der Waals surface area contributed by atoms with Crippen LogP contribution in [0.15, 0.2) is 72.8 Å². The molecule has 3 heteroatoms. The zero-order valence-corrected chi connectivity index (χ0v) is 11.2. The highest BCUT2D eigenvalue weighted by Crippen LogP contribution is 2.24. The third kappa shape index (κ3) is 2.82. The van der Waals surface area contributed by atoms with Crippen LogP contribution in [0.5, 0.6) is 0 Å². The van der Waals surface area contributed by atoms with E-state index in [4.69, 9.17) is 0 Å². The number of ketones is 2. The minimum absolute atomic E-state index is 0.121. The van der Waals surface area contributed by atoms with Crippen LogP contribution < -0.4 is 0 Å². The Hall–Kier alpha value is -2.94. The van der Waals surface area contributed by atoms with Crippen LogP contribution in [-0.4, -0.2) is 16.6 Å². The van der Waals surface area contributed by atoms with Crippen molar-refractivity contribution in [3.05, 3.63) is 72.8 Å². The Bertz CT molecular complexity index is 796. The molecule has 3 aromatic rings. The molecule has 0 amide bonds. The number of benzene rings is 2. The van der Waals surface area contributed by atoms with E-state index < -0.39 is 0 Å². The number of para-hydroxylation sites is 2. The highest BCUT2D eigenvalue weighted by atomic mass is 16.1. The molecule has 4 rings (SSSR count). The van der Waals surface area contributed by atoms with Gasteiger partial charge in [0, 0.05) is 21.8 Å². The fourth-order valence-electron chi connectivity index (χ4n) is 2.24. The molecule has 1 aliphatic rings. The van der Waals surface area contributed by atoms with Gasteiger partial charge in [-0.05, 0) is 36.4 Å². The molecule has 3 nitrogen and oxygen atoms in total. The zero-order chi connectivity index (χ0) is 14.7. The normalized spacial score (nSPS) is 13.5. The van der Waals surface area contributed by atoms with Crippen LogP contribution in [0.3, 0.4) is 0 Å². The summed E-state index contributed by atoms with van der Waals surface area (Å²) in [5.41, 5.74) is 2.42. The third-order valence-electron chi connectivity index (χ3n) is 3.24. The molecule has 0 saturated heterocycles. The zero-order valence-electron chi connectivity index (χ0n) is 11.2. The molecule has 0 aliphatic heterocycles. The monoisotopic (exact) mass is 275 g/mol. The molecule has 0 radical (unpaired) electrons. The molecule has 0 unspecified atom stereocenters. The number of carbonyl (C=O) groups excluding carboxylic acids is 2. The number of hydrogen-bond donors (Lipinski definition) is 1. The van der Waals surface area contributed by atoms with Crippen LogP contribution in [-0.2, 0) is 9.59 Å². The van der Waals surface area contributed by atoms with Crippen LogP contribution in [0.1, 0.15) is 0 Å². The summed E-state index contributed by atoms with van der Waals surface area (Å²) in [7, 11) is 0. The van der Waals surface area contributed by atoms with Gasteiger partial charge in [-0.1, -0.05) is 36.4 Å². The lowest BCUT2D eigenvalue weighted by molar-refractivity contribution is -0.113. The van der Waals surface area contributed by atoms with Gasteiger partial charge >= 0.3 is 0 Å². The van der Waals surface area contributed by atoms with Gasteiger partial charge in [0.15, 0.2) is 11.6 Å². The molecular formula is C18H13NO2. The molecule has 102 valence electrons. The Kier molecular flexibility index (Phi) is 3.48. The summed E-state index contributed by atoms with van der Waals surface area (Å²) in [5, 5.41) is 2.61. The van der Waals surface area contributed by atoms with Crippen molar-refractivity contribution < 1.29 is 9.59 Å². The summed E-state index contributed by atoms with van der Waals surface area (Å²) < 4.78 is 0. The van der Waals surface area contributed by atoms with E-state index in [9.17, 15) is 9.59 Å². The number of hydrogen-bond acceptors (Lipinski definition) is 2. The van der Waals surface area contributed by atoms with Gasteiger partial charge in [-0.2, -0.15) is 0 Å². The van der Waals surface area contributed by atoms with Gasteiger partial charge in [0.1, 0.15) is 0 Å². The van der Waals surface area contributed by atoms with Crippen molar-refractivity contribution in [3.8, 4) is 0 Å². The van der Waals surface area contributed by atoms with Crippen LogP contribution in [0.2, 0.25) is 0 Å². The van der Waals surface area contributed by atoms with Crippen molar-refractivity contribution in [2.45, 2.75) is 0 Å².